The fourth-order valence-electron chi connectivity index (χ4n) is 5.98. The zero-order chi connectivity index (χ0) is 28.4. The van der Waals surface area contributed by atoms with E-state index in [0.717, 1.165) is 6.08 Å². The van der Waals surface area contributed by atoms with E-state index in [1.807, 2.05) is 0 Å². The molecule has 38 heavy (non-hydrogen) atoms. The number of phenols is 1. The van der Waals surface area contributed by atoms with Gasteiger partial charge in [-0.05, 0) is 50.6 Å². The van der Waals surface area contributed by atoms with E-state index in [0.29, 0.717) is 11.3 Å². The second kappa shape index (κ2) is 8.99. The number of nitrogens with zero attached hydrogens (tertiary/aromatic N) is 2. The summed E-state index contributed by atoms with van der Waals surface area (Å²) in [6.45, 7) is 3.38. The van der Waals surface area contributed by atoms with Crippen molar-refractivity contribution in [1.82, 2.24) is 4.90 Å². The number of ketones is 2. The number of allylic oxidation sites excluding steroid dienone is 1. The maximum Gasteiger partial charge on any atom is 0.255 e. The SMILES string of the molecule is C=CC(=O)Nc1cc(N(C)C)c2c(c1O)C(=O)C1=C(O)C3(O)C(=O)C(C(N)=O)=C(O)[C@@H](N(C)C)C3CC1C2. The van der Waals surface area contributed by atoms with E-state index in [1.165, 1.54) is 11.0 Å². The molecule has 3 aliphatic rings. The van der Waals surface area contributed by atoms with Gasteiger partial charge in [0.25, 0.3) is 5.91 Å². The van der Waals surface area contributed by atoms with E-state index in [2.05, 4.69) is 11.9 Å². The normalized spacial score (nSPS) is 26.5. The highest BCUT2D eigenvalue weighted by atomic mass is 16.3. The van der Waals surface area contributed by atoms with Gasteiger partial charge in [0.15, 0.2) is 17.1 Å². The van der Waals surface area contributed by atoms with Crippen LogP contribution in [0.5, 0.6) is 5.75 Å². The van der Waals surface area contributed by atoms with Gasteiger partial charge in [0.1, 0.15) is 17.1 Å². The van der Waals surface area contributed by atoms with Crippen molar-refractivity contribution in [2.45, 2.75) is 24.5 Å². The van der Waals surface area contributed by atoms with Crippen LogP contribution in [0, 0.1) is 11.8 Å². The molecule has 12 nitrogen and oxygen atoms in total. The minimum Gasteiger partial charge on any atom is -0.510 e. The number of nitrogens with two attached hydrogens (primary N) is 1. The van der Waals surface area contributed by atoms with E-state index in [1.54, 1.807) is 33.1 Å². The van der Waals surface area contributed by atoms with Crippen molar-refractivity contribution in [3.63, 3.8) is 0 Å². The number of carbonyl (C=O) groups excluding carboxylic acids is 4. The molecule has 3 unspecified atom stereocenters. The first kappa shape index (κ1) is 26.9. The number of aromatic hydroxyl groups is 1. The number of hydrogen-bond acceptors (Lipinski definition) is 10. The number of hydrogen-bond donors (Lipinski definition) is 6. The number of aliphatic hydroxyl groups is 3. The number of fused-ring (bicyclic) bond motifs is 3. The Morgan fingerprint density at radius 2 is 1.82 bits per heavy atom. The summed E-state index contributed by atoms with van der Waals surface area (Å²) in [5, 5.41) is 47.3. The summed E-state index contributed by atoms with van der Waals surface area (Å²) in [5.74, 6) is -8.01. The highest BCUT2D eigenvalue weighted by Crippen LogP contribution is 2.53. The molecular formula is C26H30N4O8. The number of carbonyl (C=O) groups is 4. The number of rotatable bonds is 5. The predicted octanol–water partition coefficient (Wildman–Crippen LogP) is 0.311. The third kappa shape index (κ3) is 3.59. The average molecular weight is 527 g/mol. The van der Waals surface area contributed by atoms with Crippen LogP contribution in [0.1, 0.15) is 22.3 Å². The van der Waals surface area contributed by atoms with Crippen LogP contribution in [0.15, 0.2) is 41.4 Å². The van der Waals surface area contributed by atoms with Crippen molar-refractivity contribution < 1.29 is 39.6 Å². The second-order valence-corrected chi connectivity index (χ2v) is 10.2. The molecule has 0 bridgehead atoms. The fourth-order valence-corrected chi connectivity index (χ4v) is 5.98. The van der Waals surface area contributed by atoms with Crippen LogP contribution in [0.25, 0.3) is 0 Å². The molecule has 12 heteroatoms. The number of benzene rings is 1. The second-order valence-electron chi connectivity index (χ2n) is 10.2. The molecule has 7 N–H and O–H groups in total. The Morgan fingerprint density at radius 1 is 1.18 bits per heavy atom. The van der Waals surface area contributed by atoms with Gasteiger partial charge < -0.3 is 36.4 Å². The van der Waals surface area contributed by atoms with Crippen LogP contribution in [0.2, 0.25) is 0 Å². The largest absolute Gasteiger partial charge is 0.510 e. The van der Waals surface area contributed by atoms with E-state index in [9.17, 15) is 39.6 Å². The minimum atomic E-state index is -2.72. The Hall–Kier alpha value is -4.16. The standard InChI is InChI=1S/C26H30N4O8/c1-6-15(31)28-13-9-14(29(2)3)11-7-10-8-12-19(30(4)5)22(34)18(25(27)37)24(36)26(12,38)23(35)16(10)21(33)17(11)20(13)32/h6,9-10,12,19,32,34-35,38H,1,7-8H2,2-5H3,(H2,27,37)(H,28,31)/t10?,12?,19-,26?/m0/s1. The van der Waals surface area contributed by atoms with Crippen molar-refractivity contribution in [2.75, 3.05) is 38.4 Å². The molecule has 1 aromatic carbocycles. The van der Waals surface area contributed by atoms with Gasteiger partial charge in [-0.1, -0.05) is 6.58 Å². The van der Waals surface area contributed by atoms with Gasteiger partial charge in [0.05, 0.1) is 17.3 Å². The number of anilines is 2. The molecule has 0 fully saturated rings. The molecule has 0 aliphatic heterocycles. The summed E-state index contributed by atoms with van der Waals surface area (Å²) < 4.78 is 0. The smallest absolute Gasteiger partial charge is 0.255 e. The molecular weight excluding hydrogens is 496 g/mol. The number of phenolic OH excluding ortho intramolecular Hbond substituents is 1. The van der Waals surface area contributed by atoms with Gasteiger partial charge in [-0.3, -0.25) is 24.1 Å². The number of aliphatic hydroxyl groups excluding tert-OH is 2. The lowest BCUT2D eigenvalue weighted by molar-refractivity contribution is -0.148. The molecule has 4 atom stereocenters. The molecule has 202 valence electrons. The van der Waals surface area contributed by atoms with Crippen LogP contribution in [0.4, 0.5) is 11.4 Å². The molecule has 0 aromatic heterocycles. The first-order chi connectivity index (χ1) is 17.7. The monoisotopic (exact) mass is 526 g/mol. The van der Waals surface area contributed by atoms with Crippen molar-refractivity contribution in [3.05, 3.63) is 52.5 Å². The summed E-state index contributed by atoms with van der Waals surface area (Å²) in [6.07, 6.45) is 1.10. The van der Waals surface area contributed by atoms with Crippen molar-refractivity contribution in [1.29, 1.82) is 0 Å². The number of Topliss-reactive ketones (excluding diaryl/α,β-unsaturated/α-hetero) is 2. The van der Waals surface area contributed by atoms with Gasteiger partial charge in [0.2, 0.25) is 11.7 Å². The van der Waals surface area contributed by atoms with Crippen LogP contribution in [0.3, 0.4) is 0 Å². The van der Waals surface area contributed by atoms with Crippen molar-refractivity contribution in [2.24, 2.45) is 17.6 Å². The number of likely N-dealkylation sites (N-methyl/N-ethyl adjacent to an activating group) is 1. The lowest BCUT2D eigenvalue weighted by Crippen LogP contribution is -2.63. The van der Waals surface area contributed by atoms with E-state index >= 15 is 0 Å². The summed E-state index contributed by atoms with van der Waals surface area (Å²) in [5.41, 5.74) is 2.17. The van der Waals surface area contributed by atoms with E-state index < -0.39 is 69.7 Å². The van der Waals surface area contributed by atoms with Crippen molar-refractivity contribution >= 4 is 34.8 Å². The first-order valence-corrected chi connectivity index (χ1v) is 11.8. The van der Waals surface area contributed by atoms with E-state index in [4.69, 9.17) is 5.73 Å². The number of amides is 2. The molecule has 4 rings (SSSR count). The zero-order valence-corrected chi connectivity index (χ0v) is 21.4. The Bertz CT molecular complexity index is 1380. The van der Waals surface area contributed by atoms with Crippen LogP contribution in [-0.4, -0.2) is 88.5 Å². The Labute approximate surface area is 218 Å². The topological polar surface area (TPSA) is 194 Å². The summed E-state index contributed by atoms with van der Waals surface area (Å²) in [7, 11) is 6.56. The van der Waals surface area contributed by atoms with Crippen LogP contribution >= 0.6 is 0 Å². The Balaban J connectivity index is 1.98. The molecule has 3 aliphatic carbocycles. The maximum atomic E-state index is 13.9. The summed E-state index contributed by atoms with van der Waals surface area (Å²) in [4.78, 5) is 54.4. The van der Waals surface area contributed by atoms with Gasteiger partial charge in [0, 0.05) is 31.3 Å². The number of primary amides is 1. The van der Waals surface area contributed by atoms with Gasteiger partial charge in [-0.15, -0.1) is 0 Å². The fraction of sp³-hybridized carbons (Fsp3) is 0.385. The molecule has 0 heterocycles. The molecule has 0 spiro atoms. The van der Waals surface area contributed by atoms with Gasteiger partial charge in [-0.25, -0.2) is 0 Å². The van der Waals surface area contributed by atoms with Gasteiger partial charge >= 0.3 is 0 Å². The highest BCUT2D eigenvalue weighted by Gasteiger charge is 2.63. The predicted molar refractivity (Wildman–Crippen MR) is 137 cm³/mol. The summed E-state index contributed by atoms with van der Waals surface area (Å²) in [6, 6.07) is 0.440. The molecule has 2 amide bonds. The third-order valence-corrected chi connectivity index (χ3v) is 7.62. The summed E-state index contributed by atoms with van der Waals surface area (Å²) >= 11 is 0. The number of nitrogens with one attached hydrogen (secondary N) is 1. The van der Waals surface area contributed by atoms with E-state index in [-0.39, 0.29) is 29.7 Å². The average Bonchev–Trinajstić information content (AvgIpc) is 2.82. The maximum absolute atomic E-state index is 13.9. The molecule has 0 saturated carbocycles. The first-order valence-electron chi connectivity index (χ1n) is 11.8. The van der Waals surface area contributed by atoms with Crippen molar-refractivity contribution in [3.8, 4) is 5.75 Å². The Morgan fingerprint density at radius 3 is 2.34 bits per heavy atom. The van der Waals surface area contributed by atoms with Crippen LogP contribution < -0.4 is 16.0 Å². The van der Waals surface area contributed by atoms with Gasteiger partial charge in [-0.2, -0.15) is 0 Å². The minimum absolute atomic E-state index is 0.0195. The third-order valence-electron chi connectivity index (χ3n) is 7.62. The quantitative estimate of drug-likeness (QED) is 0.177. The molecule has 1 aromatic rings. The Kier molecular flexibility index (Phi) is 6.36. The molecule has 0 radical (unpaired) electrons. The molecule has 0 saturated heterocycles. The van der Waals surface area contributed by atoms with Crippen LogP contribution in [-0.2, 0) is 20.8 Å². The zero-order valence-electron chi connectivity index (χ0n) is 21.4. The lowest BCUT2D eigenvalue weighted by Gasteiger charge is -2.50. The lowest BCUT2D eigenvalue weighted by atomic mass is 9.58. The highest BCUT2D eigenvalue weighted by molar-refractivity contribution is 6.25.